The summed E-state index contributed by atoms with van der Waals surface area (Å²) in [5, 5.41) is 5.13. The fourth-order valence-corrected chi connectivity index (χ4v) is 1.10. The monoisotopic (exact) mass is 242 g/mol. The SMILES string of the molecule is CNC(=O)CCNC(=O)c1cncc(Cl)n1. The minimum absolute atomic E-state index is 0.129. The molecule has 7 heteroatoms. The van der Waals surface area contributed by atoms with E-state index in [-0.39, 0.29) is 29.7 Å². The second kappa shape index (κ2) is 6.02. The molecule has 0 spiro atoms. The lowest BCUT2D eigenvalue weighted by atomic mass is 10.3. The number of hydrogen-bond acceptors (Lipinski definition) is 4. The van der Waals surface area contributed by atoms with Crippen LogP contribution in [0.15, 0.2) is 12.4 Å². The normalized spacial score (nSPS) is 9.62. The molecule has 0 fully saturated rings. The molecule has 1 aromatic rings. The topological polar surface area (TPSA) is 84.0 Å². The molecule has 0 saturated heterocycles. The first kappa shape index (κ1) is 12.4. The van der Waals surface area contributed by atoms with E-state index in [2.05, 4.69) is 20.6 Å². The number of aromatic nitrogens is 2. The Morgan fingerprint density at radius 3 is 2.81 bits per heavy atom. The summed E-state index contributed by atoms with van der Waals surface area (Å²) in [7, 11) is 1.53. The molecule has 0 aliphatic carbocycles. The lowest BCUT2D eigenvalue weighted by Crippen LogP contribution is -2.29. The maximum Gasteiger partial charge on any atom is 0.271 e. The summed E-state index contributed by atoms with van der Waals surface area (Å²) in [4.78, 5) is 29.8. The van der Waals surface area contributed by atoms with Gasteiger partial charge in [-0.15, -0.1) is 0 Å². The van der Waals surface area contributed by atoms with Crippen LogP contribution >= 0.6 is 11.6 Å². The number of nitrogens with zero attached hydrogens (tertiary/aromatic N) is 2. The van der Waals surface area contributed by atoms with Crippen molar-refractivity contribution in [1.29, 1.82) is 0 Å². The standard InChI is InChI=1S/C9H11ClN4O2/c1-11-8(15)2-3-13-9(16)6-4-12-5-7(10)14-6/h4-5H,2-3H2,1H3,(H,11,15)(H,13,16). The maximum absolute atomic E-state index is 11.5. The molecule has 0 aromatic carbocycles. The summed E-state index contributed by atoms with van der Waals surface area (Å²) >= 11 is 5.58. The molecule has 1 rings (SSSR count). The average Bonchev–Trinajstić information content (AvgIpc) is 2.28. The number of carbonyl (C=O) groups is 2. The minimum Gasteiger partial charge on any atom is -0.359 e. The van der Waals surface area contributed by atoms with Gasteiger partial charge in [0.25, 0.3) is 5.91 Å². The Kier molecular flexibility index (Phi) is 4.65. The Bertz CT molecular complexity index is 397. The summed E-state index contributed by atoms with van der Waals surface area (Å²) in [6.45, 7) is 0.243. The van der Waals surface area contributed by atoms with Crippen molar-refractivity contribution in [1.82, 2.24) is 20.6 Å². The van der Waals surface area contributed by atoms with Crippen LogP contribution in [0.2, 0.25) is 5.15 Å². The second-order valence-electron chi connectivity index (χ2n) is 2.91. The number of halogens is 1. The van der Waals surface area contributed by atoms with Gasteiger partial charge in [0, 0.05) is 20.0 Å². The van der Waals surface area contributed by atoms with Crippen molar-refractivity contribution in [2.75, 3.05) is 13.6 Å². The molecule has 0 bridgehead atoms. The van der Waals surface area contributed by atoms with E-state index in [9.17, 15) is 9.59 Å². The van der Waals surface area contributed by atoms with Crippen molar-refractivity contribution in [2.24, 2.45) is 0 Å². The summed E-state index contributed by atoms with van der Waals surface area (Å²) in [5.74, 6) is -0.545. The van der Waals surface area contributed by atoms with Gasteiger partial charge in [-0.1, -0.05) is 11.6 Å². The molecule has 0 radical (unpaired) electrons. The van der Waals surface area contributed by atoms with Gasteiger partial charge in [-0.25, -0.2) is 4.98 Å². The number of hydrogen-bond donors (Lipinski definition) is 2. The molecule has 0 aliphatic rings. The zero-order valence-corrected chi connectivity index (χ0v) is 9.41. The number of rotatable bonds is 4. The molecule has 1 aromatic heterocycles. The molecule has 0 atom stereocenters. The van der Waals surface area contributed by atoms with Crippen molar-refractivity contribution >= 4 is 23.4 Å². The Balaban J connectivity index is 2.44. The van der Waals surface area contributed by atoms with E-state index in [1.807, 2.05) is 0 Å². The zero-order chi connectivity index (χ0) is 12.0. The highest BCUT2D eigenvalue weighted by Gasteiger charge is 2.08. The lowest BCUT2D eigenvalue weighted by molar-refractivity contribution is -0.120. The van der Waals surface area contributed by atoms with Gasteiger partial charge in [0.1, 0.15) is 10.8 Å². The molecule has 1 heterocycles. The fourth-order valence-electron chi connectivity index (χ4n) is 0.957. The third-order valence-corrected chi connectivity index (χ3v) is 1.94. The van der Waals surface area contributed by atoms with E-state index in [1.165, 1.54) is 19.4 Å². The summed E-state index contributed by atoms with van der Waals surface area (Å²) in [5.41, 5.74) is 0.129. The summed E-state index contributed by atoms with van der Waals surface area (Å²) < 4.78 is 0. The van der Waals surface area contributed by atoms with Crippen LogP contribution < -0.4 is 10.6 Å². The van der Waals surface area contributed by atoms with Gasteiger partial charge < -0.3 is 10.6 Å². The fraction of sp³-hybridized carbons (Fsp3) is 0.333. The van der Waals surface area contributed by atoms with Crippen LogP contribution in [0, 0.1) is 0 Å². The largest absolute Gasteiger partial charge is 0.359 e. The molecule has 2 amide bonds. The van der Waals surface area contributed by atoms with Gasteiger partial charge in [-0.3, -0.25) is 14.6 Å². The molecule has 2 N–H and O–H groups in total. The number of carbonyl (C=O) groups excluding carboxylic acids is 2. The molecule has 0 aliphatic heterocycles. The lowest BCUT2D eigenvalue weighted by Gasteiger charge is -2.03. The second-order valence-corrected chi connectivity index (χ2v) is 3.29. The average molecular weight is 243 g/mol. The van der Waals surface area contributed by atoms with Crippen LogP contribution in [-0.4, -0.2) is 35.4 Å². The van der Waals surface area contributed by atoms with Gasteiger partial charge in [-0.2, -0.15) is 0 Å². The molecular weight excluding hydrogens is 232 g/mol. The molecular formula is C9H11ClN4O2. The Labute approximate surface area is 97.4 Å². The number of nitrogens with one attached hydrogen (secondary N) is 2. The van der Waals surface area contributed by atoms with Gasteiger partial charge in [0.2, 0.25) is 5.91 Å². The van der Waals surface area contributed by atoms with Crippen LogP contribution in [0.4, 0.5) is 0 Å². The number of amides is 2. The molecule has 6 nitrogen and oxygen atoms in total. The van der Waals surface area contributed by atoms with Gasteiger partial charge in [0.15, 0.2) is 0 Å². The highest BCUT2D eigenvalue weighted by atomic mass is 35.5. The van der Waals surface area contributed by atoms with Crippen LogP contribution in [0.3, 0.4) is 0 Å². The molecule has 0 saturated carbocycles. The first-order valence-electron chi connectivity index (χ1n) is 4.60. The third kappa shape index (κ3) is 3.82. The maximum atomic E-state index is 11.5. The van der Waals surface area contributed by atoms with E-state index >= 15 is 0 Å². The zero-order valence-electron chi connectivity index (χ0n) is 8.66. The summed E-state index contributed by atoms with van der Waals surface area (Å²) in [6.07, 6.45) is 2.86. The Morgan fingerprint density at radius 1 is 1.44 bits per heavy atom. The van der Waals surface area contributed by atoms with E-state index in [4.69, 9.17) is 11.6 Å². The van der Waals surface area contributed by atoms with Crippen molar-refractivity contribution in [3.8, 4) is 0 Å². The third-order valence-electron chi connectivity index (χ3n) is 1.75. The van der Waals surface area contributed by atoms with Crippen molar-refractivity contribution < 1.29 is 9.59 Å². The minimum atomic E-state index is -0.404. The van der Waals surface area contributed by atoms with Gasteiger partial charge >= 0.3 is 0 Å². The predicted octanol–water partition coefficient (Wildman–Crippen LogP) is -0.00410. The molecule has 0 unspecified atom stereocenters. The molecule has 86 valence electrons. The van der Waals surface area contributed by atoms with Crippen molar-refractivity contribution in [3.63, 3.8) is 0 Å². The Hall–Kier alpha value is -1.69. The summed E-state index contributed by atoms with van der Waals surface area (Å²) in [6, 6.07) is 0. The predicted molar refractivity (Wildman–Crippen MR) is 58.1 cm³/mol. The van der Waals surface area contributed by atoms with E-state index in [0.717, 1.165) is 0 Å². The van der Waals surface area contributed by atoms with Crippen LogP contribution in [0.5, 0.6) is 0 Å². The first-order valence-corrected chi connectivity index (χ1v) is 4.97. The van der Waals surface area contributed by atoms with E-state index < -0.39 is 5.91 Å². The van der Waals surface area contributed by atoms with Crippen LogP contribution in [-0.2, 0) is 4.79 Å². The van der Waals surface area contributed by atoms with Crippen molar-refractivity contribution in [3.05, 3.63) is 23.2 Å². The van der Waals surface area contributed by atoms with Crippen molar-refractivity contribution in [2.45, 2.75) is 6.42 Å². The first-order chi connectivity index (χ1) is 7.63. The van der Waals surface area contributed by atoms with E-state index in [1.54, 1.807) is 0 Å². The van der Waals surface area contributed by atoms with E-state index in [0.29, 0.717) is 0 Å². The quantitative estimate of drug-likeness (QED) is 0.778. The highest BCUT2D eigenvalue weighted by molar-refractivity contribution is 6.29. The van der Waals surface area contributed by atoms with Crippen LogP contribution in [0.25, 0.3) is 0 Å². The highest BCUT2D eigenvalue weighted by Crippen LogP contribution is 2.01. The Morgan fingerprint density at radius 2 is 2.19 bits per heavy atom. The molecule has 16 heavy (non-hydrogen) atoms. The smallest absolute Gasteiger partial charge is 0.271 e. The van der Waals surface area contributed by atoms with Gasteiger partial charge in [0.05, 0.1) is 12.4 Å². The van der Waals surface area contributed by atoms with Crippen LogP contribution in [0.1, 0.15) is 16.9 Å². The van der Waals surface area contributed by atoms with Gasteiger partial charge in [-0.05, 0) is 0 Å².